The van der Waals surface area contributed by atoms with E-state index in [1.807, 2.05) is 13.8 Å². The first-order valence-corrected chi connectivity index (χ1v) is 5.99. The van der Waals surface area contributed by atoms with E-state index in [4.69, 9.17) is 10.5 Å². The Morgan fingerprint density at radius 2 is 1.94 bits per heavy atom. The summed E-state index contributed by atoms with van der Waals surface area (Å²) in [4.78, 5) is 13.8. The Morgan fingerprint density at radius 1 is 1.39 bits per heavy atom. The number of nitrogens with two attached hydrogens (primary N) is 1. The van der Waals surface area contributed by atoms with Gasteiger partial charge < -0.3 is 15.8 Å². The molecule has 1 unspecified atom stereocenters. The number of rotatable bonds is 5. The van der Waals surface area contributed by atoms with E-state index in [2.05, 4.69) is 10.2 Å². The Kier molecular flexibility index (Phi) is 12.2. The Morgan fingerprint density at radius 3 is 2.44 bits per heavy atom. The summed E-state index contributed by atoms with van der Waals surface area (Å²) in [6.45, 7) is 8.25. The van der Waals surface area contributed by atoms with Gasteiger partial charge in [-0.2, -0.15) is 0 Å². The summed E-state index contributed by atoms with van der Waals surface area (Å²) in [5.41, 5.74) is 5.65. The molecule has 5 nitrogen and oxygen atoms in total. The van der Waals surface area contributed by atoms with Gasteiger partial charge in [-0.05, 0) is 13.3 Å². The van der Waals surface area contributed by atoms with Gasteiger partial charge in [0, 0.05) is 25.7 Å². The van der Waals surface area contributed by atoms with Crippen molar-refractivity contribution in [1.29, 1.82) is 0 Å². The van der Waals surface area contributed by atoms with Crippen LogP contribution in [0.15, 0.2) is 0 Å². The van der Waals surface area contributed by atoms with Crippen molar-refractivity contribution in [2.24, 2.45) is 5.73 Å². The fraction of sp³-hybridized carbons (Fsp3) is 0.909. The third-order valence-corrected chi connectivity index (χ3v) is 2.80. The van der Waals surface area contributed by atoms with E-state index in [1.165, 1.54) is 0 Å². The molecule has 2 atom stereocenters. The molecule has 1 amide bonds. The molecular weight excluding hydrogens is 277 g/mol. The molecule has 7 heteroatoms. The maximum atomic E-state index is 11.5. The van der Waals surface area contributed by atoms with Crippen LogP contribution in [0, 0.1) is 0 Å². The number of carbonyl (C=O) groups is 1. The van der Waals surface area contributed by atoms with Crippen LogP contribution in [0.2, 0.25) is 0 Å². The summed E-state index contributed by atoms with van der Waals surface area (Å²) < 4.78 is 5.27. The van der Waals surface area contributed by atoms with Crippen LogP contribution in [-0.2, 0) is 9.53 Å². The lowest BCUT2D eigenvalue weighted by Crippen LogP contribution is -2.49. The van der Waals surface area contributed by atoms with Crippen molar-refractivity contribution in [1.82, 2.24) is 10.2 Å². The van der Waals surface area contributed by atoms with Crippen LogP contribution in [0.1, 0.15) is 20.3 Å². The van der Waals surface area contributed by atoms with E-state index in [0.29, 0.717) is 6.42 Å². The van der Waals surface area contributed by atoms with Gasteiger partial charge in [0.15, 0.2) is 0 Å². The molecule has 3 N–H and O–H groups in total. The number of carbonyl (C=O) groups excluding carboxylic acids is 1. The molecule has 0 aromatic carbocycles. The van der Waals surface area contributed by atoms with E-state index >= 15 is 0 Å². The van der Waals surface area contributed by atoms with Crippen LogP contribution in [0.4, 0.5) is 0 Å². The molecule has 0 aromatic heterocycles. The van der Waals surface area contributed by atoms with Gasteiger partial charge in [0.2, 0.25) is 5.91 Å². The van der Waals surface area contributed by atoms with Crippen molar-refractivity contribution in [3.05, 3.63) is 0 Å². The van der Waals surface area contributed by atoms with E-state index in [-0.39, 0.29) is 42.8 Å². The standard InChI is InChI=1S/C11H23N3O2.2ClH/c1-3-10(12)11(15)13-9(2)8-14-4-6-16-7-5-14;;/h9-10H,3-8,12H2,1-2H3,(H,13,15);2*1H/t9?,10-;;/m0../s1. The highest BCUT2D eigenvalue weighted by molar-refractivity contribution is 5.85. The predicted octanol–water partition coefficient (Wildman–Crippen LogP) is 0.404. The lowest BCUT2D eigenvalue weighted by Gasteiger charge is -2.29. The average Bonchev–Trinajstić information content (AvgIpc) is 2.29. The fourth-order valence-corrected chi connectivity index (χ4v) is 1.75. The van der Waals surface area contributed by atoms with Gasteiger partial charge in [-0.15, -0.1) is 24.8 Å². The zero-order valence-electron chi connectivity index (χ0n) is 11.1. The first kappa shape index (κ1) is 20.3. The zero-order chi connectivity index (χ0) is 12.0. The third-order valence-electron chi connectivity index (χ3n) is 2.80. The first-order chi connectivity index (χ1) is 7.63. The van der Waals surface area contributed by atoms with Crippen LogP contribution in [0.3, 0.4) is 0 Å². The summed E-state index contributed by atoms with van der Waals surface area (Å²) in [5, 5.41) is 2.93. The van der Waals surface area contributed by atoms with Gasteiger partial charge in [-0.1, -0.05) is 6.92 Å². The molecule has 18 heavy (non-hydrogen) atoms. The Bertz CT molecular complexity index is 226. The number of nitrogens with zero attached hydrogens (tertiary/aromatic N) is 1. The number of amides is 1. The number of morpholine rings is 1. The Labute approximate surface area is 122 Å². The molecule has 0 spiro atoms. The van der Waals surface area contributed by atoms with Gasteiger partial charge in [-0.3, -0.25) is 9.69 Å². The Hall–Kier alpha value is -0.0700. The highest BCUT2D eigenvalue weighted by Crippen LogP contribution is 1.98. The second kappa shape index (κ2) is 10.8. The number of hydrogen-bond acceptors (Lipinski definition) is 4. The van der Waals surface area contributed by atoms with Crippen molar-refractivity contribution in [2.45, 2.75) is 32.4 Å². The van der Waals surface area contributed by atoms with Crippen molar-refractivity contribution in [2.75, 3.05) is 32.8 Å². The van der Waals surface area contributed by atoms with Crippen LogP contribution >= 0.6 is 24.8 Å². The quantitative estimate of drug-likeness (QED) is 0.772. The second-order valence-corrected chi connectivity index (χ2v) is 4.34. The number of nitrogens with one attached hydrogen (secondary N) is 1. The van der Waals surface area contributed by atoms with Crippen LogP contribution < -0.4 is 11.1 Å². The number of halogens is 2. The fourth-order valence-electron chi connectivity index (χ4n) is 1.75. The van der Waals surface area contributed by atoms with Gasteiger partial charge in [0.1, 0.15) is 0 Å². The topological polar surface area (TPSA) is 67.6 Å². The van der Waals surface area contributed by atoms with Crippen LogP contribution in [-0.4, -0.2) is 55.7 Å². The monoisotopic (exact) mass is 301 g/mol. The molecule has 0 bridgehead atoms. The summed E-state index contributed by atoms with van der Waals surface area (Å²) in [6.07, 6.45) is 0.677. The minimum absolute atomic E-state index is 0. The molecule has 0 saturated carbocycles. The minimum atomic E-state index is -0.382. The van der Waals surface area contributed by atoms with E-state index in [9.17, 15) is 4.79 Å². The molecule has 0 radical (unpaired) electrons. The largest absolute Gasteiger partial charge is 0.379 e. The molecule has 1 aliphatic rings. The van der Waals surface area contributed by atoms with Crippen molar-refractivity contribution < 1.29 is 9.53 Å². The predicted molar refractivity (Wildman–Crippen MR) is 77.6 cm³/mol. The Balaban J connectivity index is 0. The first-order valence-electron chi connectivity index (χ1n) is 5.99. The normalized spacial score (nSPS) is 19.1. The number of hydrogen-bond donors (Lipinski definition) is 2. The highest BCUT2D eigenvalue weighted by atomic mass is 35.5. The maximum Gasteiger partial charge on any atom is 0.237 e. The lowest BCUT2D eigenvalue weighted by molar-refractivity contribution is -0.123. The molecular formula is C11H25Cl2N3O2. The summed E-state index contributed by atoms with van der Waals surface area (Å²) in [6, 6.07) is -0.240. The van der Waals surface area contributed by atoms with Crippen molar-refractivity contribution in [3.63, 3.8) is 0 Å². The minimum Gasteiger partial charge on any atom is -0.379 e. The molecule has 1 heterocycles. The molecule has 1 fully saturated rings. The van der Waals surface area contributed by atoms with Crippen LogP contribution in [0.5, 0.6) is 0 Å². The van der Waals surface area contributed by atoms with Crippen molar-refractivity contribution >= 4 is 30.7 Å². The highest BCUT2D eigenvalue weighted by Gasteiger charge is 2.17. The molecule has 1 rings (SSSR count). The SMILES string of the molecule is CC[C@H](N)C(=O)NC(C)CN1CCOCC1.Cl.Cl. The van der Waals surface area contributed by atoms with E-state index in [0.717, 1.165) is 32.8 Å². The van der Waals surface area contributed by atoms with E-state index < -0.39 is 0 Å². The molecule has 1 aliphatic heterocycles. The van der Waals surface area contributed by atoms with Gasteiger partial charge >= 0.3 is 0 Å². The lowest BCUT2D eigenvalue weighted by atomic mass is 10.2. The average molecular weight is 302 g/mol. The van der Waals surface area contributed by atoms with Gasteiger partial charge in [0.25, 0.3) is 0 Å². The van der Waals surface area contributed by atoms with E-state index in [1.54, 1.807) is 0 Å². The number of ether oxygens (including phenoxy) is 1. The smallest absolute Gasteiger partial charge is 0.237 e. The van der Waals surface area contributed by atoms with Gasteiger partial charge in [0.05, 0.1) is 19.3 Å². The summed E-state index contributed by atoms with van der Waals surface area (Å²) >= 11 is 0. The molecule has 0 aliphatic carbocycles. The second-order valence-electron chi connectivity index (χ2n) is 4.34. The molecule has 1 saturated heterocycles. The summed E-state index contributed by atoms with van der Waals surface area (Å²) in [7, 11) is 0. The summed E-state index contributed by atoms with van der Waals surface area (Å²) in [5.74, 6) is -0.0525. The van der Waals surface area contributed by atoms with Crippen molar-refractivity contribution in [3.8, 4) is 0 Å². The maximum absolute atomic E-state index is 11.5. The van der Waals surface area contributed by atoms with Crippen LogP contribution in [0.25, 0.3) is 0 Å². The molecule has 110 valence electrons. The molecule has 0 aromatic rings. The van der Waals surface area contributed by atoms with Gasteiger partial charge in [-0.25, -0.2) is 0 Å². The zero-order valence-corrected chi connectivity index (χ0v) is 12.7. The third kappa shape index (κ3) is 7.38.